The zero-order valence-corrected chi connectivity index (χ0v) is 20.3. The number of halogens is 1. The zero-order chi connectivity index (χ0) is 21.8. The van der Waals surface area contributed by atoms with Gasteiger partial charge in [0.1, 0.15) is 0 Å². The van der Waals surface area contributed by atoms with Gasteiger partial charge in [0.25, 0.3) is 5.91 Å². The number of carbonyl (C=O) groups is 1. The van der Waals surface area contributed by atoms with E-state index in [1.54, 1.807) is 0 Å². The van der Waals surface area contributed by atoms with Gasteiger partial charge in [-0.25, -0.2) is 0 Å². The number of fused-ring (bicyclic) bond motifs is 7. The van der Waals surface area contributed by atoms with Crippen molar-refractivity contribution in [3.05, 3.63) is 92.6 Å². The molecule has 5 atom stereocenters. The first-order valence-electron chi connectivity index (χ1n) is 11.6. The van der Waals surface area contributed by atoms with Crippen molar-refractivity contribution in [3.8, 4) is 0 Å². The van der Waals surface area contributed by atoms with Crippen molar-refractivity contribution >= 4 is 39.9 Å². The lowest BCUT2D eigenvalue weighted by Gasteiger charge is -2.43. The number of benzene rings is 3. The second-order valence-electron chi connectivity index (χ2n) is 9.68. The van der Waals surface area contributed by atoms with E-state index >= 15 is 0 Å². The molecule has 0 saturated heterocycles. The molecule has 2 fully saturated rings. The fraction of sp³-hybridized carbons (Fsp3) is 0.321. The van der Waals surface area contributed by atoms with Gasteiger partial charge in [0.15, 0.2) is 0 Å². The van der Waals surface area contributed by atoms with Crippen molar-refractivity contribution in [2.45, 2.75) is 38.1 Å². The Balaban J connectivity index is 1.34. The summed E-state index contributed by atoms with van der Waals surface area (Å²) in [7, 11) is 0. The summed E-state index contributed by atoms with van der Waals surface area (Å²) >= 11 is 2.30. The molecule has 0 spiro atoms. The standard InChI is InChI=1S/C28H27IN2O/c1-16-13-21(29)10-12-23(16)31-28(32)20-9-11-24-22(15-20)25-18-7-8-19(14-18)26(25)27(30-24)17-5-3-2-4-6-17/h2-6,9-13,15,18-19,25-27,30H,7-8,14H2,1H3,(H,31,32)/t18-,19-,25-,26+,27-/m0/s1. The Hall–Kier alpha value is -2.34. The molecule has 3 aliphatic rings. The molecule has 2 bridgehead atoms. The van der Waals surface area contributed by atoms with Gasteiger partial charge in [-0.2, -0.15) is 0 Å². The molecule has 6 rings (SSSR count). The van der Waals surface area contributed by atoms with Crippen molar-refractivity contribution in [1.82, 2.24) is 0 Å². The molecule has 0 radical (unpaired) electrons. The average molecular weight is 534 g/mol. The Bertz CT molecular complexity index is 1190. The van der Waals surface area contributed by atoms with E-state index in [1.807, 2.05) is 25.1 Å². The van der Waals surface area contributed by atoms with Crippen LogP contribution in [0.2, 0.25) is 0 Å². The van der Waals surface area contributed by atoms with E-state index in [0.29, 0.717) is 17.9 Å². The average Bonchev–Trinajstić information content (AvgIpc) is 3.43. The monoisotopic (exact) mass is 534 g/mol. The number of carbonyl (C=O) groups excluding carboxylic acids is 1. The van der Waals surface area contributed by atoms with Crippen LogP contribution < -0.4 is 10.6 Å². The van der Waals surface area contributed by atoms with Crippen LogP contribution in [0.1, 0.15) is 58.3 Å². The quantitative estimate of drug-likeness (QED) is 0.351. The first kappa shape index (κ1) is 20.3. The maximum absolute atomic E-state index is 13.1. The molecule has 3 aromatic carbocycles. The minimum atomic E-state index is -0.0259. The Morgan fingerprint density at radius 2 is 1.81 bits per heavy atom. The Morgan fingerprint density at radius 3 is 2.62 bits per heavy atom. The van der Waals surface area contributed by atoms with Gasteiger partial charge in [-0.3, -0.25) is 4.79 Å². The SMILES string of the molecule is Cc1cc(I)ccc1NC(=O)c1ccc2c(c1)[C@@H]1[C@H]3CC[C@@H](C3)[C@H]1[C@H](c1ccccc1)N2. The van der Waals surface area contributed by atoms with E-state index in [-0.39, 0.29) is 5.91 Å². The number of anilines is 2. The number of nitrogens with one attached hydrogen (secondary N) is 2. The van der Waals surface area contributed by atoms with Crippen molar-refractivity contribution in [3.63, 3.8) is 0 Å². The summed E-state index contributed by atoms with van der Waals surface area (Å²) in [5, 5.41) is 6.99. The summed E-state index contributed by atoms with van der Waals surface area (Å²) in [6.07, 6.45) is 4.00. The van der Waals surface area contributed by atoms with Gasteiger partial charge < -0.3 is 10.6 Å². The number of rotatable bonds is 3. The highest BCUT2D eigenvalue weighted by Gasteiger charge is 2.53. The van der Waals surface area contributed by atoms with Crippen LogP contribution in [0.5, 0.6) is 0 Å². The van der Waals surface area contributed by atoms with Crippen molar-refractivity contribution in [2.24, 2.45) is 17.8 Å². The van der Waals surface area contributed by atoms with Gasteiger partial charge >= 0.3 is 0 Å². The van der Waals surface area contributed by atoms with E-state index in [1.165, 1.54) is 39.6 Å². The molecule has 0 unspecified atom stereocenters. The summed E-state index contributed by atoms with van der Waals surface area (Å²) < 4.78 is 1.17. The fourth-order valence-corrected chi connectivity index (χ4v) is 7.23. The molecule has 0 aromatic heterocycles. The summed E-state index contributed by atoms with van der Waals surface area (Å²) in [5.74, 6) is 2.65. The number of amides is 1. The molecule has 2 aliphatic carbocycles. The zero-order valence-electron chi connectivity index (χ0n) is 18.1. The van der Waals surface area contributed by atoms with E-state index in [0.717, 1.165) is 28.7 Å². The van der Waals surface area contributed by atoms with Gasteiger partial charge in [-0.1, -0.05) is 30.3 Å². The molecule has 2 N–H and O–H groups in total. The molecule has 2 saturated carbocycles. The highest BCUT2D eigenvalue weighted by molar-refractivity contribution is 14.1. The molecule has 3 nitrogen and oxygen atoms in total. The predicted octanol–water partition coefficient (Wildman–Crippen LogP) is 7.15. The summed E-state index contributed by atoms with van der Waals surface area (Å²) in [6, 6.07) is 23.7. The van der Waals surface area contributed by atoms with Gasteiger partial charge in [0, 0.05) is 20.5 Å². The van der Waals surface area contributed by atoms with E-state index in [2.05, 4.69) is 81.8 Å². The lowest BCUT2D eigenvalue weighted by molar-refractivity contribution is 0.102. The molecular weight excluding hydrogens is 507 g/mol. The first-order chi connectivity index (χ1) is 15.6. The van der Waals surface area contributed by atoms with E-state index in [9.17, 15) is 4.79 Å². The third-order valence-electron chi connectivity index (χ3n) is 7.94. The van der Waals surface area contributed by atoms with Crippen LogP contribution in [-0.4, -0.2) is 5.91 Å². The molecule has 4 heteroatoms. The lowest BCUT2D eigenvalue weighted by Crippen LogP contribution is -2.35. The second-order valence-corrected chi connectivity index (χ2v) is 10.9. The van der Waals surface area contributed by atoms with Crippen LogP contribution >= 0.6 is 22.6 Å². The first-order valence-corrected chi connectivity index (χ1v) is 12.7. The maximum Gasteiger partial charge on any atom is 0.255 e. The van der Waals surface area contributed by atoms with Crippen LogP contribution in [-0.2, 0) is 0 Å². The summed E-state index contributed by atoms with van der Waals surface area (Å²) in [6.45, 7) is 2.04. The molecule has 162 valence electrons. The lowest BCUT2D eigenvalue weighted by atomic mass is 9.68. The minimum Gasteiger partial charge on any atom is -0.378 e. The number of hydrogen-bond donors (Lipinski definition) is 2. The molecule has 1 aliphatic heterocycles. The van der Waals surface area contributed by atoms with Gasteiger partial charge in [0.05, 0.1) is 6.04 Å². The molecule has 1 heterocycles. The summed E-state index contributed by atoms with van der Waals surface area (Å²) in [5.41, 5.74) is 6.66. The molecule has 32 heavy (non-hydrogen) atoms. The van der Waals surface area contributed by atoms with Crippen LogP contribution in [0.3, 0.4) is 0 Å². The number of hydrogen-bond acceptors (Lipinski definition) is 2. The smallest absolute Gasteiger partial charge is 0.255 e. The Kier molecular flexibility index (Phi) is 5.01. The van der Waals surface area contributed by atoms with Crippen LogP contribution in [0.15, 0.2) is 66.7 Å². The van der Waals surface area contributed by atoms with Crippen molar-refractivity contribution in [2.75, 3.05) is 10.6 Å². The highest BCUT2D eigenvalue weighted by atomic mass is 127. The Morgan fingerprint density at radius 1 is 1.00 bits per heavy atom. The highest BCUT2D eigenvalue weighted by Crippen LogP contribution is 2.63. The fourth-order valence-electron chi connectivity index (χ4n) is 6.58. The third-order valence-corrected chi connectivity index (χ3v) is 8.62. The molecule has 3 aromatic rings. The third kappa shape index (κ3) is 3.35. The normalized spacial score (nSPS) is 27.4. The van der Waals surface area contributed by atoms with Gasteiger partial charge in [0.2, 0.25) is 0 Å². The van der Waals surface area contributed by atoms with Crippen LogP contribution in [0.25, 0.3) is 0 Å². The summed E-state index contributed by atoms with van der Waals surface area (Å²) in [4.78, 5) is 13.1. The van der Waals surface area contributed by atoms with E-state index < -0.39 is 0 Å². The Labute approximate surface area is 203 Å². The van der Waals surface area contributed by atoms with Crippen LogP contribution in [0.4, 0.5) is 11.4 Å². The van der Waals surface area contributed by atoms with Gasteiger partial charge in [-0.15, -0.1) is 0 Å². The topological polar surface area (TPSA) is 41.1 Å². The molecular formula is C28H27IN2O. The van der Waals surface area contributed by atoms with Crippen LogP contribution in [0, 0.1) is 28.2 Å². The maximum atomic E-state index is 13.1. The number of aryl methyl sites for hydroxylation is 1. The van der Waals surface area contributed by atoms with Gasteiger partial charge in [-0.05, 0) is 126 Å². The van der Waals surface area contributed by atoms with E-state index in [4.69, 9.17) is 0 Å². The second kappa shape index (κ2) is 7.91. The predicted molar refractivity (Wildman–Crippen MR) is 138 cm³/mol. The molecule has 1 amide bonds. The van der Waals surface area contributed by atoms with Crippen molar-refractivity contribution < 1.29 is 4.79 Å². The minimum absolute atomic E-state index is 0.0259. The van der Waals surface area contributed by atoms with Crippen molar-refractivity contribution in [1.29, 1.82) is 0 Å². The largest absolute Gasteiger partial charge is 0.378 e.